The summed E-state index contributed by atoms with van der Waals surface area (Å²) < 4.78 is 5.11. The zero-order valence-corrected chi connectivity index (χ0v) is 12.6. The van der Waals surface area contributed by atoms with E-state index in [-0.39, 0.29) is 29.9 Å². The second kappa shape index (κ2) is 7.08. The van der Waals surface area contributed by atoms with Gasteiger partial charge in [-0.2, -0.15) is 0 Å². The smallest absolute Gasteiger partial charge is 0.313 e. The average Bonchev–Trinajstić information content (AvgIpc) is 2.36. The van der Waals surface area contributed by atoms with Crippen molar-refractivity contribution in [3.63, 3.8) is 0 Å². The van der Waals surface area contributed by atoms with Gasteiger partial charge in [-0.25, -0.2) is 0 Å². The third-order valence-electron chi connectivity index (χ3n) is 2.75. The lowest BCUT2D eigenvalue weighted by molar-refractivity contribution is -0.150. The van der Waals surface area contributed by atoms with E-state index < -0.39 is 0 Å². The van der Waals surface area contributed by atoms with Crippen LogP contribution in [0.15, 0.2) is 30.3 Å². The molecule has 4 nitrogen and oxygen atoms in total. The van der Waals surface area contributed by atoms with E-state index in [1.54, 1.807) is 0 Å². The SMILES string of the molecule is CC[C@@H](C(=O)OCC(=O)NC(C)(C)C)c1ccccc1. The number of esters is 1. The van der Waals surface area contributed by atoms with Gasteiger partial charge in [0, 0.05) is 5.54 Å². The van der Waals surface area contributed by atoms with Crippen LogP contribution >= 0.6 is 0 Å². The third-order valence-corrected chi connectivity index (χ3v) is 2.75. The van der Waals surface area contributed by atoms with Crippen molar-refractivity contribution >= 4 is 11.9 Å². The Labute approximate surface area is 120 Å². The fourth-order valence-corrected chi connectivity index (χ4v) is 1.92. The molecule has 1 amide bonds. The van der Waals surface area contributed by atoms with E-state index in [2.05, 4.69) is 5.32 Å². The monoisotopic (exact) mass is 277 g/mol. The van der Waals surface area contributed by atoms with Gasteiger partial charge in [-0.3, -0.25) is 9.59 Å². The summed E-state index contributed by atoms with van der Waals surface area (Å²) >= 11 is 0. The molecule has 0 heterocycles. The minimum atomic E-state index is -0.359. The first-order chi connectivity index (χ1) is 9.33. The molecule has 0 fully saturated rings. The molecule has 0 unspecified atom stereocenters. The molecule has 0 radical (unpaired) electrons. The van der Waals surface area contributed by atoms with Crippen LogP contribution in [0.4, 0.5) is 0 Å². The largest absolute Gasteiger partial charge is 0.455 e. The summed E-state index contributed by atoms with van der Waals surface area (Å²) in [4.78, 5) is 23.7. The minimum absolute atomic E-state index is 0.237. The van der Waals surface area contributed by atoms with Gasteiger partial charge in [0.2, 0.25) is 0 Å². The first-order valence-corrected chi connectivity index (χ1v) is 6.86. The number of benzene rings is 1. The van der Waals surface area contributed by atoms with Gasteiger partial charge in [0.1, 0.15) is 0 Å². The molecule has 0 bridgehead atoms. The van der Waals surface area contributed by atoms with E-state index >= 15 is 0 Å². The zero-order chi connectivity index (χ0) is 15.2. The van der Waals surface area contributed by atoms with Crippen molar-refractivity contribution in [1.29, 1.82) is 0 Å². The van der Waals surface area contributed by atoms with Crippen molar-refractivity contribution in [3.8, 4) is 0 Å². The molecule has 1 N–H and O–H groups in total. The van der Waals surface area contributed by atoms with Crippen LogP contribution in [-0.2, 0) is 14.3 Å². The van der Waals surface area contributed by atoms with Crippen LogP contribution in [0.5, 0.6) is 0 Å². The second-order valence-corrected chi connectivity index (χ2v) is 5.78. The Morgan fingerprint density at radius 1 is 1.20 bits per heavy atom. The van der Waals surface area contributed by atoms with Crippen LogP contribution < -0.4 is 5.32 Å². The number of rotatable bonds is 5. The molecular formula is C16H23NO3. The van der Waals surface area contributed by atoms with E-state index in [1.807, 2.05) is 58.0 Å². The molecule has 0 aromatic heterocycles. The summed E-state index contributed by atoms with van der Waals surface area (Å²) in [5.41, 5.74) is 0.587. The van der Waals surface area contributed by atoms with Gasteiger partial charge < -0.3 is 10.1 Å². The highest BCUT2D eigenvalue weighted by atomic mass is 16.5. The average molecular weight is 277 g/mol. The van der Waals surface area contributed by atoms with Gasteiger partial charge in [-0.15, -0.1) is 0 Å². The molecule has 0 spiro atoms. The van der Waals surface area contributed by atoms with Crippen LogP contribution in [0.2, 0.25) is 0 Å². The van der Waals surface area contributed by atoms with E-state index in [1.165, 1.54) is 0 Å². The molecule has 0 aliphatic rings. The summed E-state index contributed by atoms with van der Waals surface area (Å²) in [6.45, 7) is 7.33. The van der Waals surface area contributed by atoms with E-state index in [9.17, 15) is 9.59 Å². The maximum absolute atomic E-state index is 12.0. The summed E-state index contributed by atoms with van der Waals surface area (Å²) in [6, 6.07) is 9.46. The van der Waals surface area contributed by atoms with E-state index in [0.717, 1.165) is 5.56 Å². The minimum Gasteiger partial charge on any atom is -0.455 e. The maximum atomic E-state index is 12.0. The van der Waals surface area contributed by atoms with E-state index in [0.29, 0.717) is 6.42 Å². The number of amides is 1. The Bertz CT molecular complexity index is 449. The summed E-state index contributed by atoms with van der Waals surface area (Å²) in [6.07, 6.45) is 0.643. The highest BCUT2D eigenvalue weighted by molar-refractivity contribution is 5.83. The number of ether oxygens (including phenoxy) is 1. The molecule has 20 heavy (non-hydrogen) atoms. The topological polar surface area (TPSA) is 55.4 Å². The maximum Gasteiger partial charge on any atom is 0.313 e. The summed E-state index contributed by atoms with van der Waals surface area (Å²) in [5.74, 6) is -0.963. The Hall–Kier alpha value is -1.84. The van der Waals surface area contributed by atoms with Crippen LogP contribution in [0.25, 0.3) is 0 Å². The standard InChI is InChI=1S/C16H23NO3/c1-5-13(12-9-7-6-8-10-12)15(19)20-11-14(18)17-16(2,3)4/h6-10,13H,5,11H2,1-4H3,(H,17,18)/t13-/m1/s1. The highest BCUT2D eigenvalue weighted by Gasteiger charge is 2.21. The molecule has 0 saturated carbocycles. The fraction of sp³-hybridized carbons (Fsp3) is 0.500. The Kier molecular flexibility index (Phi) is 5.74. The van der Waals surface area contributed by atoms with Crippen LogP contribution in [-0.4, -0.2) is 24.0 Å². The van der Waals surface area contributed by atoms with Gasteiger partial charge in [0.05, 0.1) is 5.92 Å². The van der Waals surface area contributed by atoms with Crippen molar-refractivity contribution in [1.82, 2.24) is 5.32 Å². The third kappa shape index (κ3) is 5.43. The molecule has 1 rings (SSSR count). The molecule has 1 aromatic carbocycles. The van der Waals surface area contributed by atoms with Gasteiger partial charge >= 0.3 is 5.97 Å². The predicted molar refractivity (Wildman–Crippen MR) is 78.3 cm³/mol. The number of carbonyl (C=O) groups is 2. The first-order valence-electron chi connectivity index (χ1n) is 6.86. The lowest BCUT2D eigenvalue weighted by Gasteiger charge is -2.21. The molecule has 0 aliphatic heterocycles. The summed E-state index contributed by atoms with van der Waals surface area (Å²) in [5, 5.41) is 2.76. The summed E-state index contributed by atoms with van der Waals surface area (Å²) in [7, 11) is 0. The Balaban J connectivity index is 2.55. The lowest BCUT2D eigenvalue weighted by Crippen LogP contribution is -2.43. The normalized spacial score (nSPS) is 12.6. The number of nitrogens with one attached hydrogen (secondary N) is 1. The van der Waals surface area contributed by atoms with Crippen LogP contribution in [0.3, 0.4) is 0 Å². The molecular weight excluding hydrogens is 254 g/mol. The zero-order valence-electron chi connectivity index (χ0n) is 12.6. The second-order valence-electron chi connectivity index (χ2n) is 5.78. The fourth-order valence-electron chi connectivity index (χ4n) is 1.92. The number of carbonyl (C=O) groups excluding carboxylic acids is 2. The van der Waals surface area contributed by atoms with Crippen molar-refractivity contribution in [2.45, 2.75) is 45.6 Å². The van der Waals surface area contributed by atoms with Crippen molar-refractivity contribution in [2.75, 3.05) is 6.61 Å². The van der Waals surface area contributed by atoms with Crippen molar-refractivity contribution in [2.24, 2.45) is 0 Å². The lowest BCUT2D eigenvalue weighted by atomic mass is 9.97. The highest BCUT2D eigenvalue weighted by Crippen LogP contribution is 2.20. The quantitative estimate of drug-likeness (QED) is 0.842. The molecule has 110 valence electrons. The van der Waals surface area contributed by atoms with Crippen LogP contribution in [0, 0.1) is 0 Å². The molecule has 0 saturated heterocycles. The van der Waals surface area contributed by atoms with Gasteiger partial charge in [-0.1, -0.05) is 37.3 Å². The van der Waals surface area contributed by atoms with Crippen molar-refractivity contribution < 1.29 is 14.3 Å². The number of hydrogen-bond donors (Lipinski definition) is 1. The molecule has 0 aliphatic carbocycles. The first kappa shape index (κ1) is 16.2. The van der Waals surface area contributed by atoms with Crippen molar-refractivity contribution in [3.05, 3.63) is 35.9 Å². The molecule has 1 atom stereocenters. The molecule has 1 aromatic rings. The number of hydrogen-bond acceptors (Lipinski definition) is 3. The van der Waals surface area contributed by atoms with Gasteiger partial charge in [0.25, 0.3) is 5.91 Å². The van der Waals surface area contributed by atoms with E-state index in [4.69, 9.17) is 4.74 Å². The van der Waals surface area contributed by atoms with Crippen LogP contribution in [0.1, 0.15) is 45.6 Å². The Morgan fingerprint density at radius 2 is 1.80 bits per heavy atom. The Morgan fingerprint density at radius 3 is 2.30 bits per heavy atom. The van der Waals surface area contributed by atoms with Gasteiger partial charge in [0.15, 0.2) is 6.61 Å². The molecule has 4 heteroatoms. The van der Waals surface area contributed by atoms with Gasteiger partial charge in [-0.05, 0) is 32.8 Å². The predicted octanol–water partition coefficient (Wildman–Crippen LogP) is 2.64.